The van der Waals surface area contributed by atoms with Crippen molar-refractivity contribution in [2.75, 3.05) is 40.5 Å². The second kappa shape index (κ2) is 14.6. The summed E-state index contributed by atoms with van der Waals surface area (Å²) >= 11 is 0. The lowest BCUT2D eigenvalue weighted by atomic mass is 10.0. The normalized spacial score (nSPS) is 18.4. The molecule has 0 aliphatic carbocycles. The van der Waals surface area contributed by atoms with Crippen LogP contribution >= 0.6 is 0 Å². The quantitative estimate of drug-likeness (QED) is 0.377. The number of likely N-dealkylation sites (N-methyl/N-ethyl adjacent to an activating group) is 1. The number of para-hydroxylation sites is 2. The van der Waals surface area contributed by atoms with Gasteiger partial charge >= 0.3 is 0 Å². The van der Waals surface area contributed by atoms with Crippen molar-refractivity contribution >= 4 is 34.7 Å². The van der Waals surface area contributed by atoms with Gasteiger partial charge in [0.25, 0.3) is 5.91 Å². The maximum Gasteiger partial charge on any atom is 0.258 e. The molecule has 12 heteroatoms. The molecule has 2 atom stereocenters. The van der Waals surface area contributed by atoms with Gasteiger partial charge in [-0.3, -0.25) is 19.2 Å². The number of fused-ring (bicyclic) bond motifs is 14. The molecule has 2 aromatic carbocycles. The van der Waals surface area contributed by atoms with E-state index in [1.165, 1.54) is 16.9 Å². The molecule has 230 valence electrons. The predicted octanol–water partition coefficient (Wildman–Crippen LogP) is 1.91. The van der Waals surface area contributed by atoms with Gasteiger partial charge in [0.1, 0.15) is 23.3 Å². The molecule has 0 saturated carbocycles. The van der Waals surface area contributed by atoms with Crippen molar-refractivity contribution in [3.05, 3.63) is 60.0 Å². The van der Waals surface area contributed by atoms with Crippen molar-refractivity contribution in [2.45, 2.75) is 45.3 Å². The summed E-state index contributed by atoms with van der Waals surface area (Å²) in [5.74, 6) is -0.812. The monoisotopic (exact) mass is 593 g/mol. The molecule has 5 rings (SSSR count). The Morgan fingerprint density at radius 1 is 1.09 bits per heavy atom. The van der Waals surface area contributed by atoms with Gasteiger partial charge in [0.05, 0.1) is 19.7 Å². The van der Waals surface area contributed by atoms with E-state index >= 15 is 0 Å². The third-order valence-corrected chi connectivity index (χ3v) is 7.01. The molecule has 2 N–H and O–H groups in total. The molecule has 0 saturated heterocycles. The van der Waals surface area contributed by atoms with Crippen molar-refractivity contribution < 1.29 is 33.1 Å². The number of hydrogen-bond donors (Lipinski definition) is 2. The fourth-order valence-electron chi connectivity index (χ4n) is 4.87. The Hall–Kier alpha value is -4.45. The Morgan fingerprint density at radius 2 is 1.84 bits per heavy atom. The SMILES string of the molecule is COCCN1CC(=O)N[C@H](C(=O)N(C)Cc2nc3ccccc3o2)Cc2ccc(cc2)OCC(=O)N[C@@H](CC(C)C)C1=O. The number of benzene rings is 2. The first-order chi connectivity index (χ1) is 20.6. The average Bonchev–Trinajstić information content (AvgIpc) is 3.39. The summed E-state index contributed by atoms with van der Waals surface area (Å²) in [6.45, 7) is 3.70. The van der Waals surface area contributed by atoms with E-state index in [4.69, 9.17) is 13.9 Å². The Bertz CT molecular complexity index is 1390. The number of carbonyl (C=O) groups is 4. The largest absolute Gasteiger partial charge is 0.484 e. The molecular formula is C31H39N5O7. The van der Waals surface area contributed by atoms with Gasteiger partial charge in [0.15, 0.2) is 12.2 Å². The summed E-state index contributed by atoms with van der Waals surface area (Å²) in [6.07, 6.45) is 0.553. The maximum atomic E-state index is 13.7. The van der Waals surface area contributed by atoms with Crippen LogP contribution < -0.4 is 15.4 Å². The molecule has 0 unspecified atom stereocenters. The summed E-state index contributed by atoms with van der Waals surface area (Å²) in [5, 5.41) is 5.60. The van der Waals surface area contributed by atoms with Crippen LogP contribution in [0.3, 0.4) is 0 Å². The molecule has 0 spiro atoms. The third kappa shape index (κ3) is 8.77. The second-order valence-electron chi connectivity index (χ2n) is 11.0. The van der Waals surface area contributed by atoms with Crippen LogP contribution in [0.4, 0.5) is 0 Å². The van der Waals surface area contributed by atoms with E-state index in [2.05, 4.69) is 15.6 Å². The van der Waals surface area contributed by atoms with Crippen molar-refractivity contribution in [1.29, 1.82) is 0 Å². The summed E-state index contributed by atoms with van der Waals surface area (Å²) in [5.41, 5.74) is 2.07. The van der Waals surface area contributed by atoms with Crippen molar-refractivity contribution in [3.8, 4) is 5.75 Å². The number of hydrogen-bond acceptors (Lipinski definition) is 8. The van der Waals surface area contributed by atoms with Crippen LogP contribution in [0.15, 0.2) is 52.9 Å². The molecule has 43 heavy (non-hydrogen) atoms. The van der Waals surface area contributed by atoms with Gasteiger partial charge in [-0.05, 0) is 42.2 Å². The van der Waals surface area contributed by atoms with E-state index in [9.17, 15) is 19.2 Å². The maximum absolute atomic E-state index is 13.7. The topological polar surface area (TPSA) is 143 Å². The molecule has 3 aromatic rings. The minimum absolute atomic E-state index is 0.0881. The van der Waals surface area contributed by atoms with Gasteiger partial charge < -0.3 is 34.3 Å². The van der Waals surface area contributed by atoms with E-state index in [0.717, 1.165) is 5.56 Å². The van der Waals surface area contributed by atoms with E-state index < -0.39 is 29.8 Å². The smallest absolute Gasteiger partial charge is 0.258 e. The van der Waals surface area contributed by atoms with E-state index in [-0.39, 0.29) is 51.1 Å². The van der Waals surface area contributed by atoms with Crippen LogP contribution in [0.25, 0.3) is 11.1 Å². The Kier molecular flexibility index (Phi) is 10.7. The average molecular weight is 594 g/mol. The number of amides is 4. The minimum Gasteiger partial charge on any atom is -0.484 e. The summed E-state index contributed by atoms with van der Waals surface area (Å²) < 4.78 is 16.6. The summed E-state index contributed by atoms with van der Waals surface area (Å²) in [7, 11) is 3.12. The number of methoxy groups -OCH3 is 1. The number of carbonyl (C=O) groups excluding carboxylic acids is 4. The lowest BCUT2D eigenvalue weighted by molar-refractivity contribution is -0.141. The molecule has 3 heterocycles. The van der Waals surface area contributed by atoms with Gasteiger partial charge in [-0.25, -0.2) is 4.98 Å². The van der Waals surface area contributed by atoms with Crippen LogP contribution in [-0.4, -0.2) is 91.0 Å². The second-order valence-corrected chi connectivity index (χ2v) is 11.0. The molecule has 0 fully saturated rings. The molecule has 2 aliphatic rings. The Labute approximate surface area is 250 Å². The number of nitrogens with one attached hydrogen (secondary N) is 2. The third-order valence-electron chi connectivity index (χ3n) is 7.01. The highest BCUT2D eigenvalue weighted by molar-refractivity contribution is 5.93. The molecule has 2 aliphatic heterocycles. The van der Waals surface area contributed by atoms with Crippen molar-refractivity contribution in [2.24, 2.45) is 5.92 Å². The zero-order chi connectivity index (χ0) is 30.9. The summed E-state index contributed by atoms with van der Waals surface area (Å²) in [6, 6.07) is 12.5. The van der Waals surface area contributed by atoms with Crippen LogP contribution in [-0.2, 0) is 36.9 Å². The fourth-order valence-corrected chi connectivity index (χ4v) is 4.87. The molecule has 2 bridgehead atoms. The van der Waals surface area contributed by atoms with Crippen molar-refractivity contribution in [3.63, 3.8) is 0 Å². The number of rotatable bonds is 8. The zero-order valence-electron chi connectivity index (χ0n) is 25.0. The first-order valence-electron chi connectivity index (χ1n) is 14.3. The van der Waals surface area contributed by atoms with Crippen LogP contribution in [0.2, 0.25) is 0 Å². The van der Waals surface area contributed by atoms with Gasteiger partial charge in [-0.1, -0.05) is 38.1 Å². The number of aromatic nitrogens is 1. The highest BCUT2D eigenvalue weighted by atomic mass is 16.5. The van der Waals surface area contributed by atoms with E-state index in [1.54, 1.807) is 37.4 Å². The lowest BCUT2D eigenvalue weighted by Crippen LogP contribution is -2.55. The van der Waals surface area contributed by atoms with Gasteiger partial charge in [-0.15, -0.1) is 0 Å². The minimum atomic E-state index is -0.938. The van der Waals surface area contributed by atoms with Crippen LogP contribution in [0.5, 0.6) is 5.75 Å². The summed E-state index contributed by atoms with van der Waals surface area (Å²) in [4.78, 5) is 60.7. The van der Waals surface area contributed by atoms with Crippen molar-refractivity contribution in [1.82, 2.24) is 25.4 Å². The molecule has 0 radical (unpaired) electrons. The van der Waals surface area contributed by atoms with Gasteiger partial charge in [0.2, 0.25) is 23.6 Å². The van der Waals surface area contributed by atoms with Gasteiger partial charge in [0, 0.05) is 27.1 Å². The van der Waals surface area contributed by atoms with E-state index in [1.807, 2.05) is 32.0 Å². The van der Waals surface area contributed by atoms with E-state index in [0.29, 0.717) is 29.2 Å². The number of nitrogens with zero attached hydrogens (tertiary/aromatic N) is 3. The highest BCUT2D eigenvalue weighted by Gasteiger charge is 2.31. The molecule has 12 nitrogen and oxygen atoms in total. The molecular weight excluding hydrogens is 554 g/mol. The zero-order valence-corrected chi connectivity index (χ0v) is 25.0. The van der Waals surface area contributed by atoms with Gasteiger partial charge in [-0.2, -0.15) is 0 Å². The molecule has 4 amide bonds. The van der Waals surface area contributed by atoms with Crippen LogP contribution in [0, 0.1) is 5.92 Å². The molecule has 1 aromatic heterocycles. The Balaban J connectivity index is 1.59. The first-order valence-corrected chi connectivity index (χ1v) is 14.3. The highest BCUT2D eigenvalue weighted by Crippen LogP contribution is 2.18. The number of oxazole rings is 1. The fraction of sp³-hybridized carbons (Fsp3) is 0.452. The van der Waals surface area contributed by atoms with Crippen LogP contribution in [0.1, 0.15) is 31.7 Å². The lowest BCUT2D eigenvalue weighted by Gasteiger charge is -2.29. The predicted molar refractivity (Wildman–Crippen MR) is 158 cm³/mol. The number of ether oxygens (including phenoxy) is 2. The standard InChI is InChI=1S/C31H39N5O7/c1-20(2)15-24-31(40)36(13-14-41-4)17-27(37)32-25(16-21-9-11-22(12-10-21)42-19-28(38)33-24)30(39)35(3)18-29-34-23-7-5-6-8-26(23)43-29/h5-12,20,24-25H,13-19H2,1-4H3,(H,32,37)(H,33,38)/t24-,25-/m0/s1. The first kappa shape index (κ1) is 31.5. The Morgan fingerprint density at radius 3 is 2.53 bits per heavy atom.